The molecule has 0 heterocycles. The first-order valence-corrected chi connectivity index (χ1v) is 6.18. The maximum atomic E-state index is 2.22. The van der Waals surface area contributed by atoms with E-state index in [1.54, 1.807) is 0 Å². The molecule has 0 radical (unpaired) electrons. The maximum absolute atomic E-state index is 2.22. The smallest absolute Gasteiger partial charge is 0.0219 e. The van der Waals surface area contributed by atoms with Crippen molar-refractivity contribution >= 4 is 6.08 Å². The van der Waals surface area contributed by atoms with Crippen LogP contribution in [0.5, 0.6) is 0 Å². The largest absolute Gasteiger partial charge is 0.0764 e. The van der Waals surface area contributed by atoms with Crippen molar-refractivity contribution in [2.24, 2.45) is 0 Å². The number of hydrogen-bond donors (Lipinski definition) is 0. The number of rotatable bonds is 4. The van der Waals surface area contributed by atoms with Crippen molar-refractivity contribution < 1.29 is 0 Å². The zero-order valence-electron chi connectivity index (χ0n) is 11.3. The Morgan fingerprint density at radius 1 is 0.941 bits per heavy atom. The molecule has 0 aliphatic heterocycles. The van der Waals surface area contributed by atoms with Crippen LogP contribution < -0.4 is 0 Å². The van der Waals surface area contributed by atoms with Gasteiger partial charge in [0.2, 0.25) is 0 Å². The van der Waals surface area contributed by atoms with Crippen molar-refractivity contribution in [1.29, 1.82) is 0 Å². The third-order valence-electron chi connectivity index (χ3n) is 2.54. The molecule has 90 valence electrons. The quantitative estimate of drug-likeness (QED) is 0.607. The van der Waals surface area contributed by atoms with Crippen LogP contribution in [0.2, 0.25) is 0 Å². The van der Waals surface area contributed by atoms with Crippen molar-refractivity contribution in [1.82, 2.24) is 0 Å². The summed E-state index contributed by atoms with van der Waals surface area (Å²) in [7, 11) is 0. The molecule has 0 amide bonds. The lowest BCUT2D eigenvalue weighted by Gasteiger charge is -2.04. The maximum Gasteiger partial charge on any atom is -0.0219 e. The summed E-state index contributed by atoms with van der Waals surface area (Å²) >= 11 is 0. The molecule has 0 N–H and O–H groups in total. The van der Waals surface area contributed by atoms with Gasteiger partial charge in [-0.2, -0.15) is 0 Å². The van der Waals surface area contributed by atoms with E-state index in [9.17, 15) is 0 Å². The number of benzene rings is 1. The fourth-order valence-corrected chi connectivity index (χ4v) is 1.47. The Hall–Kier alpha value is -1.56. The first-order chi connectivity index (χ1) is 8.09. The van der Waals surface area contributed by atoms with Crippen LogP contribution in [0.3, 0.4) is 0 Å². The predicted molar refractivity (Wildman–Crippen MR) is 78.1 cm³/mol. The van der Waals surface area contributed by atoms with Gasteiger partial charge in [0.1, 0.15) is 0 Å². The van der Waals surface area contributed by atoms with Gasteiger partial charge in [-0.15, -0.1) is 0 Å². The predicted octanol–water partition coefficient (Wildman–Crippen LogP) is 5.35. The van der Waals surface area contributed by atoms with Gasteiger partial charge < -0.3 is 0 Å². The van der Waals surface area contributed by atoms with Gasteiger partial charge >= 0.3 is 0 Å². The van der Waals surface area contributed by atoms with Crippen LogP contribution in [0, 0.1) is 0 Å². The van der Waals surface area contributed by atoms with E-state index in [2.05, 4.69) is 82.3 Å². The van der Waals surface area contributed by atoms with E-state index >= 15 is 0 Å². The molecule has 0 saturated carbocycles. The van der Waals surface area contributed by atoms with Crippen molar-refractivity contribution in [2.45, 2.75) is 33.6 Å². The van der Waals surface area contributed by atoms with Crippen molar-refractivity contribution in [3.63, 3.8) is 0 Å². The summed E-state index contributed by atoms with van der Waals surface area (Å²) in [5, 5.41) is 0. The van der Waals surface area contributed by atoms with E-state index < -0.39 is 0 Å². The highest BCUT2D eigenvalue weighted by Gasteiger charge is 1.96. The SMILES string of the molecule is CC(C)=CC=CC=Cc1ccc(C(C)C)cc1. The molecule has 0 aliphatic rings. The van der Waals surface area contributed by atoms with E-state index in [-0.39, 0.29) is 0 Å². The lowest BCUT2D eigenvalue weighted by atomic mass is 10.0. The molecule has 0 saturated heterocycles. The summed E-state index contributed by atoms with van der Waals surface area (Å²) < 4.78 is 0. The lowest BCUT2D eigenvalue weighted by Crippen LogP contribution is -1.85. The highest BCUT2D eigenvalue weighted by Crippen LogP contribution is 2.15. The summed E-state index contributed by atoms with van der Waals surface area (Å²) in [4.78, 5) is 0. The molecular formula is C17H22. The fourth-order valence-electron chi connectivity index (χ4n) is 1.47. The molecule has 0 heteroatoms. The van der Waals surface area contributed by atoms with Crippen molar-refractivity contribution in [3.05, 3.63) is 65.3 Å². The van der Waals surface area contributed by atoms with Crippen LogP contribution in [-0.2, 0) is 0 Å². The summed E-state index contributed by atoms with van der Waals surface area (Å²) in [5.74, 6) is 0.602. The zero-order valence-corrected chi connectivity index (χ0v) is 11.3. The molecule has 17 heavy (non-hydrogen) atoms. The molecule has 0 unspecified atom stereocenters. The van der Waals surface area contributed by atoms with Crippen molar-refractivity contribution in [2.75, 3.05) is 0 Å². The van der Waals surface area contributed by atoms with Crippen LogP contribution >= 0.6 is 0 Å². The van der Waals surface area contributed by atoms with E-state index in [0.717, 1.165) is 0 Å². The Balaban J connectivity index is 2.60. The average Bonchev–Trinajstić information content (AvgIpc) is 2.29. The summed E-state index contributed by atoms with van der Waals surface area (Å²) in [6.45, 7) is 8.62. The van der Waals surface area contributed by atoms with Crippen LogP contribution in [0.15, 0.2) is 54.1 Å². The monoisotopic (exact) mass is 226 g/mol. The van der Waals surface area contributed by atoms with Gasteiger partial charge in [0.15, 0.2) is 0 Å². The third kappa shape index (κ3) is 5.35. The fraction of sp³-hybridized carbons (Fsp3) is 0.294. The van der Waals surface area contributed by atoms with Crippen LogP contribution in [-0.4, -0.2) is 0 Å². The average molecular weight is 226 g/mol. The minimum absolute atomic E-state index is 0.602. The molecule has 1 aromatic rings. The Morgan fingerprint density at radius 2 is 1.59 bits per heavy atom. The van der Waals surface area contributed by atoms with Gasteiger partial charge in [0, 0.05) is 0 Å². The van der Waals surface area contributed by atoms with Crippen LogP contribution in [0.1, 0.15) is 44.7 Å². The topological polar surface area (TPSA) is 0 Å². The Kier molecular flexibility index (Phi) is 5.48. The standard InChI is InChI=1S/C17H22/c1-14(2)8-6-5-7-9-16-10-12-17(13-11-16)15(3)4/h5-13,15H,1-4H3. The Labute approximate surface area is 105 Å². The van der Waals surface area contributed by atoms with Crippen LogP contribution in [0.25, 0.3) is 6.08 Å². The molecule has 0 atom stereocenters. The molecular weight excluding hydrogens is 204 g/mol. The molecule has 0 spiro atoms. The van der Waals surface area contributed by atoms with Gasteiger partial charge in [0.25, 0.3) is 0 Å². The number of allylic oxidation sites excluding steroid dienone is 5. The van der Waals surface area contributed by atoms with Gasteiger partial charge in [-0.1, -0.05) is 74.1 Å². The molecule has 0 nitrogen and oxygen atoms in total. The summed E-state index contributed by atoms with van der Waals surface area (Å²) in [5.41, 5.74) is 3.95. The van der Waals surface area contributed by atoms with E-state index in [4.69, 9.17) is 0 Å². The summed E-state index contributed by atoms with van der Waals surface area (Å²) in [6.07, 6.45) is 10.4. The molecule has 0 aliphatic carbocycles. The Morgan fingerprint density at radius 3 is 2.12 bits per heavy atom. The first-order valence-electron chi connectivity index (χ1n) is 6.18. The van der Waals surface area contributed by atoms with Gasteiger partial charge in [-0.05, 0) is 30.9 Å². The first kappa shape index (κ1) is 13.5. The minimum atomic E-state index is 0.602. The van der Waals surface area contributed by atoms with Crippen LogP contribution in [0.4, 0.5) is 0 Å². The number of hydrogen-bond acceptors (Lipinski definition) is 0. The van der Waals surface area contributed by atoms with Gasteiger partial charge in [-0.3, -0.25) is 0 Å². The Bertz CT molecular complexity index is 410. The summed E-state index contributed by atoms with van der Waals surface area (Å²) in [6, 6.07) is 8.73. The van der Waals surface area contributed by atoms with Crippen molar-refractivity contribution in [3.8, 4) is 0 Å². The minimum Gasteiger partial charge on any atom is -0.0764 e. The molecule has 0 fully saturated rings. The second-order valence-electron chi connectivity index (χ2n) is 4.81. The zero-order chi connectivity index (χ0) is 12.7. The molecule has 0 aromatic heterocycles. The lowest BCUT2D eigenvalue weighted by molar-refractivity contribution is 0.866. The van der Waals surface area contributed by atoms with Gasteiger partial charge in [0.05, 0.1) is 0 Å². The highest BCUT2D eigenvalue weighted by molar-refractivity contribution is 5.51. The second-order valence-corrected chi connectivity index (χ2v) is 4.81. The molecule has 1 aromatic carbocycles. The second kappa shape index (κ2) is 6.90. The van der Waals surface area contributed by atoms with E-state index in [0.29, 0.717) is 5.92 Å². The molecule has 0 bridgehead atoms. The van der Waals surface area contributed by atoms with E-state index in [1.807, 2.05) is 0 Å². The molecule has 1 rings (SSSR count). The normalized spacial score (nSPS) is 11.6. The highest BCUT2D eigenvalue weighted by atomic mass is 14.0. The third-order valence-corrected chi connectivity index (χ3v) is 2.54. The van der Waals surface area contributed by atoms with E-state index in [1.165, 1.54) is 16.7 Å². The van der Waals surface area contributed by atoms with Gasteiger partial charge in [-0.25, -0.2) is 0 Å².